The normalized spacial score (nSPS) is 24.6. The molecular formula is C13H19BrN2O. The topological polar surface area (TPSA) is 48.1 Å². The van der Waals surface area contributed by atoms with Crippen LogP contribution in [0.2, 0.25) is 0 Å². The van der Waals surface area contributed by atoms with Crippen molar-refractivity contribution in [3.05, 3.63) is 16.2 Å². The molecule has 1 aliphatic carbocycles. The van der Waals surface area contributed by atoms with E-state index >= 15 is 0 Å². The lowest BCUT2D eigenvalue weighted by atomic mass is 9.89. The van der Waals surface area contributed by atoms with Gasteiger partial charge in [0.25, 0.3) is 0 Å². The van der Waals surface area contributed by atoms with Gasteiger partial charge in [-0.1, -0.05) is 13.3 Å². The van der Waals surface area contributed by atoms with E-state index in [2.05, 4.69) is 27.8 Å². The second kappa shape index (κ2) is 5.25. The Morgan fingerprint density at radius 2 is 2.24 bits per heavy atom. The van der Waals surface area contributed by atoms with E-state index < -0.39 is 0 Å². The number of anilines is 1. The van der Waals surface area contributed by atoms with Gasteiger partial charge in [0.1, 0.15) is 6.10 Å². The summed E-state index contributed by atoms with van der Waals surface area (Å²) < 4.78 is 6.86. The summed E-state index contributed by atoms with van der Waals surface area (Å²) in [6.07, 6.45) is 6.78. The fourth-order valence-corrected chi connectivity index (χ4v) is 2.72. The average Bonchev–Trinajstić information content (AvgIpc) is 2.30. The number of nitrogen functional groups attached to an aromatic ring is 1. The molecule has 0 bridgehead atoms. The van der Waals surface area contributed by atoms with Gasteiger partial charge in [0, 0.05) is 0 Å². The quantitative estimate of drug-likeness (QED) is 0.906. The number of ether oxygens (including phenoxy) is 1. The van der Waals surface area contributed by atoms with Crippen LogP contribution in [0.15, 0.2) is 10.7 Å². The average molecular weight is 299 g/mol. The summed E-state index contributed by atoms with van der Waals surface area (Å²) in [4.78, 5) is 4.26. The lowest BCUT2D eigenvalue weighted by molar-refractivity contribution is 0.123. The van der Waals surface area contributed by atoms with Crippen molar-refractivity contribution in [3.8, 4) is 5.88 Å². The molecule has 1 fully saturated rings. The molecule has 2 N–H and O–H groups in total. The molecule has 4 heteroatoms. The van der Waals surface area contributed by atoms with E-state index in [1.807, 2.05) is 6.92 Å². The van der Waals surface area contributed by atoms with Crippen LogP contribution in [0.3, 0.4) is 0 Å². The highest BCUT2D eigenvalue weighted by Gasteiger charge is 2.22. The first-order chi connectivity index (χ1) is 8.08. The Bertz CT molecular complexity index is 409. The van der Waals surface area contributed by atoms with Crippen LogP contribution in [0, 0.1) is 12.8 Å². The number of hydrogen-bond acceptors (Lipinski definition) is 3. The van der Waals surface area contributed by atoms with Crippen LogP contribution in [-0.4, -0.2) is 11.1 Å². The maximum absolute atomic E-state index is 5.98. The number of halogens is 1. The molecule has 1 aromatic rings. The SMILES string of the molecule is Cc1c(N)cnc(OC2CCCC(C)C2)c1Br. The monoisotopic (exact) mass is 298 g/mol. The van der Waals surface area contributed by atoms with E-state index in [1.165, 1.54) is 12.8 Å². The predicted molar refractivity (Wildman–Crippen MR) is 73.1 cm³/mol. The summed E-state index contributed by atoms with van der Waals surface area (Å²) in [7, 11) is 0. The van der Waals surface area contributed by atoms with Gasteiger partial charge in [-0.2, -0.15) is 0 Å². The van der Waals surface area contributed by atoms with Crippen molar-refractivity contribution >= 4 is 21.6 Å². The van der Waals surface area contributed by atoms with Gasteiger partial charge < -0.3 is 10.5 Å². The minimum atomic E-state index is 0.297. The molecule has 1 aliphatic rings. The molecule has 1 saturated carbocycles. The van der Waals surface area contributed by atoms with Crippen molar-refractivity contribution in [2.45, 2.75) is 45.6 Å². The highest BCUT2D eigenvalue weighted by Crippen LogP contribution is 2.33. The minimum Gasteiger partial charge on any atom is -0.474 e. The summed E-state index contributed by atoms with van der Waals surface area (Å²) in [5.41, 5.74) is 7.49. The van der Waals surface area contributed by atoms with Crippen molar-refractivity contribution in [1.82, 2.24) is 4.98 Å². The largest absolute Gasteiger partial charge is 0.474 e. The maximum Gasteiger partial charge on any atom is 0.228 e. The molecule has 2 unspecified atom stereocenters. The van der Waals surface area contributed by atoms with E-state index in [1.54, 1.807) is 6.20 Å². The molecule has 0 spiro atoms. The molecular weight excluding hydrogens is 280 g/mol. The van der Waals surface area contributed by atoms with Crippen molar-refractivity contribution in [2.24, 2.45) is 5.92 Å². The first kappa shape index (κ1) is 12.7. The summed E-state index contributed by atoms with van der Waals surface area (Å²) >= 11 is 3.51. The minimum absolute atomic E-state index is 0.297. The zero-order valence-corrected chi connectivity index (χ0v) is 12.0. The van der Waals surface area contributed by atoms with Crippen molar-refractivity contribution in [2.75, 3.05) is 5.73 Å². The predicted octanol–water partition coefficient (Wildman–Crippen LogP) is 3.69. The van der Waals surface area contributed by atoms with Crippen molar-refractivity contribution < 1.29 is 4.74 Å². The molecule has 2 atom stereocenters. The first-order valence-electron chi connectivity index (χ1n) is 6.15. The number of nitrogens with two attached hydrogens (primary N) is 1. The van der Waals surface area contributed by atoms with Gasteiger partial charge in [0.15, 0.2) is 0 Å². The number of hydrogen-bond donors (Lipinski definition) is 1. The van der Waals surface area contributed by atoms with E-state index in [4.69, 9.17) is 10.5 Å². The maximum atomic E-state index is 5.98. The molecule has 2 rings (SSSR count). The van der Waals surface area contributed by atoms with Gasteiger partial charge in [-0.15, -0.1) is 0 Å². The van der Waals surface area contributed by atoms with Gasteiger partial charge >= 0.3 is 0 Å². The molecule has 0 radical (unpaired) electrons. The van der Waals surface area contributed by atoms with Gasteiger partial charge in [-0.3, -0.25) is 0 Å². The van der Waals surface area contributed by atoms with Crippen LogP contribution in [0.25, 0.3) is 0 Å². The number of nitrogens with zero attached hydrogens (tertiary/aromatic N) is 1. The third kappa shape index (κ3) is 2.92. The van der Waals surface area contributed by atoms with Crippen molar-refractivity contribution in [1.29, 1.82) is 0 Å². The fourth-order valence-electron chi connectivity index (χ4n) is 2.29. The Balaban J connectivity index is 2.10. The summed E-state index contributed by atoms with van der Waals surface area (Å²) in [5, 5.41) is 0. The third-order valence-electron chi connectivity index (χ3n) is 3.44. The summed E-state index contributed by atoms with van der Waals surface area (Å²) in [5.74, 6) is 1.43. The molecule has 94 valence electrons. The van der Waals surface area contributed by atoms with Gasteiger partial charge in [-0.25, -0.2) is 4.98 Å². The molecule has 0 aromatic carbocycles. The highest BCUT2D eigenvalue weighted by molar-refractivity contribution is 9.10. The van der Waals surface area contributed by atoms with E-state index in [0.717, 1.165) is 28.8 Å². The Labute approximate surface area is 111 Å². The van der Waals surface area contributed by atoms with E-state index in [9.17, 15) is 0 Å². The zero-order chi connectivity index (χ0) is 12.4. The van der Waals surface area contributed by atoms with Crippen LogP contribution in [0.1, 0.15) is 38.2 Å². The van der Waals surface area contributed by atoms with E-state index in [-0.39, 0.29) is 0 Å². The van der Waals surface area contributed by atoms with Crippen molar-refractivity contribution in [3.63, 3.8) is 0 Å². The lowest BCUT2D eigenvalue weighted by Gasteiger charge is -2.27. The molecule has 17 heavy (non-hydrogen) atoms. The molecule has 0 aliphatic heterocycles. The number of rotatable bonds is 2. The fraction of sp³-hybridized carbons (Fsp3) is 0.615. The lowest BCUT2D eigenvalue weighted by Crippen LogP contribution is -2.24. The zero-order valence-electron chi connectivity index (χ0n) is 10.4. The number of aromatic nitrogens is 1. The smallest absolute Gasteiger partial charge is 0.228 e. The molecule has 0 saturated heterocycles. The molecule has 0 amide bonds. The first-order valence-corrected chi connectivity index (χ1v) is 6.94. The highest BCUT2D eigenvalue weighted by atomic mass is 79.9. The van der Waals surface area contributed by atoms with Crippen LogP contribution < -0.4 is 10.5 Å². The van der Waals surface area contributed by atoms with Gasteiger partial charge in [0.2, 0.25) is 5.88 Å². The summed E-state index contributed by atoms with van der Waals surface area (Å²) in [6.45, 7) is 4.25. The Morgan fingerprint density at radius 3 is 2.94 bits per heavy atom. The second-order valence-electron chi connectivity index (χ2n) is 4.97. The standard InChI is InChI=1S/C13H19BrN2O/c1-8-4-3-5-10(6-8)17-13-12(14)9(2)11(15)7-16-13/h7-8,10H,3-6,15H2,1-2H3. The van der Waals surface area contributed by atoms with Crippen LogP contribution >= 0.6 is 15.9 Å². The second-order valence-corrected chi connectivity index (χ2v) is 5.76. The molecule has 3 nitrogen and oxygen atoms in total. The van der Waals surface area contributed by atoms with E-state index in [0.29, 0.717) is 17.7 Å². The Kier molecular flexibility index (Phi) is 3.92. The third-order valence-corrected chi connectivity index (χ3v) is 4.37. The van der Waals surface area contributed by atoms with Gasteiger partial charge in [-0.05, 0) is 53.6 Å². The van der Waals surface area contributed by atoms with Crippen LogP contribution in [0.5, 0.6) is 5.88 Å². The molecule has 1 aromatic heterocycles. The Morgan fingerprint density at radius 1 is 1.47 bits per heavy atom. The molecule has 1 heterocycles. The van der Waals surface area contributed by atoms with Crippen LogP contribution in [0.4, 0.5) is 5.69 Å². The van der Waals surface area contributed by atoms with Crippen LogP contribution in [-0.2, 0) is 0 Å². The number of pyridine rings is 1. The van der Waals surface area contributed by atoms with Gasteiger partial charge in [0.05, 0.1) is 16.4 Å². The summed E-state index contributed by atoms with van der Waals surface area (Å²) in [6, 6.07) is 0. The Hall–Kier alpha value is -0.770.